The van der Waals surface area contributed by atoms with Crippen LogP contribution in [0, 0.1) is 0 Å². The molecule has 0 aliphatic heterocycles. The van der Waals surface area contributed by atoms with E-state index in [1.165, 1.54) is 0 Å². The van der Waals surface area contributed by atoms with E-state index in [0.717, 1.165) is 0 Å². The molecular formula is C4H8INO3. The van der Waals surface area contributed by atoms with Gasteiger partial charge in [-0.05, 0) is 0 Å². The second-order valence-electron chi connectivity index (χ2n) is 1.49. The normalized spacial score (nSPS) is 12.8. The fourth-order valence-corrected chi connectivity index (χ4v) is 0.483. The minimum Gasteiger partial charge on any atom is -0.394 e. The number of aliphatic hydroxyl groups excluding tert-OH is 2. The highest BCUT2D eigenvalue weighted by Gasteiger charge is 2.01. The molecule has 3 N–H and O–H groups in total. The van der Waals surface area contributed by atoms with E-state index in [1.54, 1.807) is 22.6 Å². The summed E-state index contributed by atoms with van der Waals surface area (Å²) < 4.78 is -0.236. The Kier molecular flexibility index (Phi) is 5.02. The maximum Gasteiger partial charge on any atom is 0.280 e. The maximum absolute atomic E-state index is 10.1. The zero-order valence-corrected chi connectivity index (χ0v) is 6.83. The number of nitrogens with one attached hydrogen (secondary N) is 1. The van der Waals surface area contributed by atoms with Crippen LogP contribution in [-0.4, -0.2) is 33.4 Å². The molecule has 0 saturated heterocycles. The standard InChI is InChI=1S/C4H8INO3/c5-4(9)6-1-3(8)2-7/h3,7-8H,1-2H2,(H,6,9)/t3-/m1/s1. The number of amides is 1. The molecule has 0 aliphatic rings. The quantitative estimate of drug-likeness (QED) is 0.356. The third-order valence-corrected chi connectivity index (χ3v) is 1.07. The second kappa shape index (κ2) is 4.95. The maximum atomic E-state index is 10.1. The van der Waals surface area contributed by atoms with E-state index < -0.39 is 6.10 Å². The Bertz CT molecular complexity index is 97.8. The predicted octanol–water partition coefficient (Wildman–Crippen LogP) is -0.516. The Hall–Kier alpha value is 0.120. The first-order valence-electron chi connectivity index (χ1n) is 2.39. The topological polar surface area (TPSA) is 69.6 Å². The molecular weight excluding hydrogens is 237 g/mol. The summed E-state index contributed by atoms with van der Waals surface area (Å²) in [6.07, 6.45) is -0.844. The molecule has 0 radical (unpaired) electrons. The predicted molar refractivity (Wildman–Crippen MR) is 40.5 cm³/mol. The molecule has 54 valence electrons. The molecule has 0 unspecified atom stereocenters. The zero-order valence-electron chi connectivity index (χ0n) is 4.67. The number of hydrogen-bond acceptors (Lipinski definition) is 3. The fraction of sp³-hybridized carbons (Fsp3) is 0.750. The van der Waals surface area contributed by atoms with Gasteiger partial charge in [-0.15, -0.1) is 0 Å². The van der Waals surface area contributed by atoms with Gasteiger partial charge in [0.15, 0.2) is 0 Å². The summed E-state index contributed by atoms with van der Waals surface area (Å²) in [5.41, 5.74) is 0. The number of hydrogen-bond donors (Lipinski definition) is 3. The number of halogens is 1. The van der Waals surface area contributed by atoms with Crippen LogP contribution < -0.4 is 5.32 Å². The third kappa shape index (κ3) is 6.00. The van der Waals surface area contributed by atoms with Gasteiger partial charge in [0.05, 0.1) is 12.7 Å². The van der Waals surface area contributed by atoms with Crippen molar-refractivity contribution in [1.82, 2.24) is 5.32 Å². The summed E-state index contributed by atoms with van der Waals surface area (Å²) in [6.45, 7) is -0.213. The first-order chi connectivity index (χ1) is 4.16. The first-order valence-corrected chi connectivity index (χ1v) is 3.47. The minimum atomic E-state index is -0.844. The third-order valence-electron chi connectivity index (χ3n) is 0.687. The van der Waals surface area contributed by atoms with E-state index in [1.807, 2.05) is 0 Å². The fourth-order valence-electron chi connectivity index (χ4n) is 0.263. The van der Waals surface area contributed by atoms with Crippen molar-refractivity contribution in [2.24, 2.45) is 0 Å². The SMILES string of the molecule is O=C(I)NC[C@@H](O)CO. The monoisotopic (exact) mass is 245 g/mol. The van der Waals surface area contributed by atoms with E-state index in [2.05, 4.69) is 5.32 Å². The number of aliphatic hydroxyl groups is 2. The lowest BCUT2D eigenvalue weighted by Gasteiger charge is -2.04. The van der Waals surface area contributed by atoms with Gasteiger partial charge in [-0.1, -0.05) is 0 Å². The van der Waals surface area contributed by atoms with E-state index in [9.17, 15) is 4.79 Å². The van der Waals surface area contributed by atoms with Crippen molar-refractivity contribution >= 4 is 26.5 Å². The van der Waals surface area contributed by atoms with Crippen LogP contribution in [0.5, 0.6) is 0 Å². The Morgan fingerprint density at radius 1 is 1.78 bits per heavy atom. The van der Waals surface area contributed by atoms with Gasteiger partial charge in [0.2, 0.25) is 0 Å². The lowest BCUT2D eigenvalue weighted by Crippen LogP contribution is -2.30. The summed E-state index contributed by atoms with van der Waals surface area (Å²) in [6, 6.07) is 0. The van der Waals surface area contributed by atoms with Crippen LogP contribution in [0.1, 0.15) is 0 Å². The van der Waals surface area contributed by atoms with Crippen LogP contribution in [-0.2, 0) is 0 Å². The van der Waals surface area contributed by atoms with E-state index in [4.69, 9.17) is 10.2 Å². The van der Waals surface area contributed by atoms with Crippen molar-refractivity contribution in [2.45, 2.75) is 6.10 Å². The summed E-state index contributed by atoms with van der Waals surface area (Å²) in [7, 11) is 0. The van der Waals surface area contributed by atoms with Gasteiger partial charge in [0.25, 0.3) is 3.91 Å². The van der Waals surface area contributed by atoms with Crippen LogP contribution in [0.25, 0.3) is 0 Å². The lowest BCUT2D eigenvalue weighted by atomic mass is 10.4. The summed E-state index contributed by atoms with van der Waals surface area (Å²) >= 11 is 1.55. The van der Waals surface area contributed by atoms with Gasteiger partial charge < -0.3 is 15.5 Å². The molecule has 0 bridgehead atoms. The minimum absolute atomic E-state index is 0.109. The van der Waals surface area contributed by atoms with Crippen molar-refractivity contribution in [2.75, 3.05) is 13.2 Å². The van der Waals surface area contributed by atoms with Crippen LogP contribution in [0.4, 0.5) is 4.79 Å². The summed E-state index contributed by atoms with van der Waals surface area (Å²) in [5, 5.41) is 19.2. The molecule has 0 saturated carbocycles. The molecule has 0 spiro atoms. The largest absolute Gasteiger partial charge is 0.394 e. The highest BCUT2D eigenvalue weighted by molar-refractivity contribution is 14.1. The van der Waals surface area contributed by atoms with Crippen LogP contribution in [0.2, 0.25) is 0 Å². The molecule has 0 heterocycles. The Morgan fingerprint density at radius 2 is 2.33 bits per heavy atom. The number of carbonyl (C=O) groups is 1. The van der Waals surface area contributed by atoms with Crippen LogP contribution in [0.15, 0.2) is 0 Å². The molecule has 1 amide bonds. The van der Waals surface area contributed by atoms with Crippen molar-refractivity contribution in [3.63, 3.8) is 0 Å². The second-order valence-corrected chi connectivity index (χ2v) is 2.47. The van der Waals surface area contributed by atoms with Gasteiger partial charge in [-0.2, -0.15) is 0 Å². The highest BCUT2D eigenvalue weighted by Crippen LogP contribution is 1.83. The van der Waals surface area contributed by atoms with Crippen molar-refractivity contribution in [3.05, 3.63) is 0 Å². The van der Waals surface area contributed by atoms with Gasteiger partial charge in [-0.3, -0.25) is 4.79 Å². The average Bonchev–Trinajstić information content (AvgIpc) is 1.83. The Morgan fingerprint density at radius 3 is 2.67 bits per heavy atom. The molecule has 1 atom stereocenters. The Balaban J connectivity index is 3.16. The smallest absolute Gasteiger partial charge is 0.280 e. The molecule has 0 aliphatic carbocycles. The van der Waals surface area contributed by atoms with Gasteiger partial charge in [0, 0.05) is 29.1 Å². The molecule has 0 aromatic carbocycles. The van der Waals surface area contributed by atoms with E-state index in [0.29, 0.717) is 0 Å². The summed E-state index contributed by atoms with van der Waals surface area (Å²) in [5.74, 6) is 0. The molecule has 0 fully saturated rings. The van der Waals surface area contributed by atoms with Crippen molar-refractivity contribution < 1.29 is 15.0 Å². The summed E-state index contributed by atoms with van der Waals surface area (Å²) in [4.78, 5) is 10.1. The molecule has 0 aromatic rings. The number of carbonyl (C=O) groups excluding carboxylic acids is 1. The molecule has 5 heteroatoms. The van der Waals surface area contributed by atoms with Crippen molar-refractivity contribution in [1.29, 1.82) is 0 Å². The van der Waals surface area contributed by atoms with E-state index >= 15 is 0 Å². The molecule has 0 rings (SSSR count). The van der Waals surface area contributed by atoms with Gasteiger partial charge >= 0.3 is 0 Å². The van der Waals surface area contributed by atoms with Gasteiger partial charge in [-0.25, -0.2) is 0 Å². The van der Waals surface area contributed by atoms with Crippen LogP contribution >= 0.6 is 22.6 Å². The Labute approximate surface area is 66.4 Å². The first kappa shape index (κ1) is 9.12. The number of rotatable bonds is 3. The average molecular weight is 245 g/mol. The van der Waals surface area contributed by atoms with Gasteiger partial charge in [0.1, 0.15) is 0 Å². The van der Waals surface area contributed by atoms with E-state index in [-0.39, 0.29) is 17.1 Å². The lowest BCUT2D eigenvalue weighted by molar-refractivity contribution is 0.0970. The highest BCUT2D eigenvalue weighted by atomic mass is 127. The zero-order chi connectivity index (χ0) is 7.28. The molecule has 4 nitrogen and oxygen atoms in total. The van der Waals surface area contributed by atoms with Crippen LogP contribution in [0.3, 0.4) is 0 Å². The van der Waals surface area contributed by atoms with Crippen molar-refractivity contribution in [3.8, 4) is 0 Å². The molecule has 9 heavy (non-hydrogen) atoms. The molecule has 0 aromatic heterocycles.